The van der Waals surface area contributed by atoms with Crippen molar-refractivity contribution in [2.24, 2.45) is 0 Å². The third-order valence-electron chi connectivity index (χ3n) is 2.40. The predicted molar refractivity (Wildman–Crippen MR) is 69.6 cm³/mol. The van der Waals surface area contributed by atoms with Gasteiger partial charge in [-0.25, -0.2) is 0 Å². The molecule has 4 heteroatoms. The molecule has 0 atom stereocenters. The number of nitrogens with zero attached hydrogens (tertiary/aromatic N) is 2. The summed E-state index contributed by atoms with van der Waals surface area (Å²) in [6.07, 6.45) is 3.76. The number of anilines is 1. The first-order valence-corrected chi connectivity index (χ1v) is 6.02. The van der Waals surface area contributed by atoms with Crippen molar-refractivity contribution in [3.8, 4) is 0 Å². The third-order valence-corrected chi connectivity index (χ3v) is 3.26. The average molecular weight is 280 g/mol. The van der Waals surface area contributed by atoms with Crippen LogP contribution in [0.4, 0.5) is 5.69 Å². The van der Waals surface area contributed by atoms with Crippen molar-refractivity contribution in [1.29, 1.82) is 0 Å². The quantitative estimate of drug-likeness (QED) is 0.932. The summed E-state index contributed by atoms with van der Waals surface area (Å²) in [5, 5.41) is 7.51. The first kappa shape index (κ1) is 11.2. The van der Waals surface area contributed by atoms with E-state index in [1.807, 2.05) is 16.9 Å². The van der Waals surface area contributed by atoms with Crippen molar-refractivity contribution in [3.63, 3.8) is 0 Å². The molecule has 1 heterocycles. The van der Waals surface area contributed by atoms with Gasteiger partial charge in [-0.3, -0.25) is 4.68 Å². The summed E-state index contributed by atoms with van der Waals surface area (Å²) in [6.45, 7) is 3.83. The molecule has 0 saturated heterocycles. The standard InChI is InChI=1S/C12H14BrN3/c1-10-3-4-11(9-12(10)13)14-6-8-16-7-2-5-15-16/h2-5,7,9,14H,6,8H2,1H3. The SMILES string of the molecule is Cc1ccc(NCCn2cccn2)cc1Br. The van der Waals surface area contributed by atoms with Crippen LogP contribution in [0, 0.1) is 6.92 Å². The molecule has 84 valence electrons. The third kappa shape index (κ3) is 2.85. The average Bonchev–Trinajstić information content (AvgIpc) is 2.76. The highest BCUT2D eigenvalue weighted by molar-refractivity contribution is 9.10. The zero-order valence-electron chi connectivity index (χ0n) is 9.15. The summed E-state index contributed by atoms with van der Waals surface area (Å²) in [5.41, 5.74) is 2.38. The fraction of sp³-hybridized carbons (Fsp3) is 0.250. The highest BCUT2D eigenvalue weighted by Gasteiger charge is 1.97. The van der Waals surface area contributed by atoms with E-state index in [2.05, 4.69) is 51.5 Å². The molecule has 1 aromatic heterocycles. The minimum absolute atomic E-state index is 0.872. The topological polar surface area (TPSA) is 29.9 Å². The van der Waals surface area contributed by atoms with Crippen LogP contribution in [-0.2, 0) is 6.54 Å². The molecular formula is C12H14BrN3. The van der Waals surface area contributed by atoms with Crippen LogP contribution in [0.1, 0.15) is 5.56 Å². The Morgan fingerprint density at radius 1 is 1.44 bits per heavy atom. The molecule has 0 aliphatic rings. The number of aromatic nitrogens is 2. The second-order valence-electron chi connectivity index (χ2n) is 3.66. The van der Waals surface area contributed by atoms with Crippen LogP contribution in [0.15, 0.2) is 41.1 Å². The van der Waals surface area contributed by atoms with Gasteiger partial charge in [-0.05, 0) is 30.7 Å². The van der Waals surface area contributed by atoms with Crippen LogP contribution in [-0.4, -0.2) is 16.3 Å². The molecule has 0 fully saturated rings. The number of rotatable bonds is 4. The molecular weight excluding hydrogens is 266 g/mol. The summed E-state index contributed by atoms with van der Waals surface area (Å²) >= 11 is 3.52. The van der Waals surface area contributed by atoms with Crippen molar-refractivity contribution in [3.05, 3.63) is 46.7 Å². The number of hydrogen-bond donors (Lipinski definition) is 1. The number of halogens is 1. The van der Waals surface area contributed by atoms with Gasteiger partial charge in [0.1, 0.15) is 0 Å². The van der Waals surface area contributed by atoms with E-state index in [1.54, 1.807) is 6.20 Å². The van der Waals surface area contributed by atoms with Crippen LogP contribution in [0.5, 0.6) is 0 Å². The molecule has 2 aromatic rings. The Hall–Kier alpha value is -1.29. The molecule has 3 nitrogen and oxygen atoms in total. The number of hydrogen-bond acceptors (Lipinski definition) is 2. The Morgan fingerprint density at radius 2 is 2.31 bits per heavy atom. The Labute approximate surface area is 104 Å². The van der Waals surface area contributed by atoms with Crippen molar-refractivity contribution >= 4 is 21.6 Å². The van der Waals surface area contributed by atoms with Gasteiger partial charge in [0, 0.05) is 29.1 Å². The van der Waals surface area contributed by atoms with Gasteiger partial charge in [0.05, 0.1) is 6.54 Å². The highest BCUT2D eigenvalue weighted by Crippen LogP contribution is 2.20. The van der Waals surface area contributed by atoms with E-state index in [9.17, 15) is 0 Å². The Kier molecular flexibility index (Phi) is 3.62. The number of aryl methyl sites for hydroxylation is 1. The fourth-order valence-corrected chi connectivity index (χ4v) is 1.83. The normalized spacial score (nSPS) is 10.4. The fourth-order valence-electron chi connectivity index (χ4n) is 1.45. The molecule has 0 radical (unpaired) electrons. The Bertz CT molecular complexity index is 451. The van der Waals surface area contributed by atoms with Crippen LogP contribution in [0.2, 0.25) is 0 Å². The van der Waals surface area contributed by atoms with Crippen LogP contribution >= 0.6 is 15.9 Å². The van der Waals surface area contributed by atoms with Crippen LogP contribution < -0.4 is 5.32 Å². The zero-order chi connectivity index (χ0) is 11.4. The molecule has 0 unspecified atom stereocenters. The minimum atomic E-state index is 0.872. The monoisotopic (exact) mass is 279 g/mol. The lowest BCUT2D eigenvalue weighted by Crippen LogP contribution is -2.10. The lowest BCUT2D eigenvalue weighted by Gasteiger charge is -2.08. The van der Waals surface area contributed by atoms with Crippen molar-refractivity contribution in [1.82, 2.24) is 9.78 Å². The van der Waals surface area contributed by atoms with Gasteiger partial charge in [0.15, 0.2) is 0 Å². The van der Waals surface area contributed by atoms with Gasteiger partial charge in [-0.1, -0.05) is 22.0 Å². The van der Waals surface area contributed by atoms with E-state index >= 15 is 0 Å². The Balaban J connectivity index is 1.87. The Morgan fingerprint density at radius 3 is 3.00 bits per heavy atom. The van der Waals surface area contributed by atoms with Crippen molar-refractivity contribution < 1.29 is 0 Å². The minimum Gasteiger partial charge on any atom is -0.383 e. The van der Waals surface area contributed by atoms with Gasteiger partial charge in [-0.15, -0.1) is 0 Å². The van der Waals surface area contributed by atoms with Crippen LogP contribution in [0.25, 0.3) is 0 Å². The second kappa shape index (κ2) is 5.16. The van der Waals surface area contributed by atoms with E-state index in [1.165, 1.54) is 5.56 Å². The molecule has 0 bridgehead atoms. The largest absolute Gasteiger partial charge is 0.383 e. The predicted octanol–water partition coefficient (Wildman–Crippen LogP) is 3.07. The molecule has 0 amide bonds. The first-order valence-electron chi connectivity index (χ1n) is 5.23. The number of nitrogens with one attached hydrogen (secondary N) is 1. The van der Waals surface area contributed by atoms with E-state index < -0.39 is 0 Å². The molecule has 0 saturated carbocycles. The van der Waals surface area contributed by atoms with Crippen molar-refractivity contribution in [2.75, 3.05) is 11.9 Å². The van der Waals surface area contributed by atoms with E-state index in [4.69, 9.17) is 0 Å². The summed E-state index contributed by atoms with van der Waals surface area (Å²) in [5.74, 6) is 0. The molecule has 2 rings (SSSR count). The maximum absolute atomic E-state index is 4.15. The zero-order valence-corrected chi connectivity index (χ0v) is 10.7. The molecule has 1 aromatic carbocycles. The van der Waals surface area contributed by atoms with Crippen molar-refractivity contribution in [2.45, 2.75) is 13.5 Å². The summed E-state index contributed by atoms with van der Waals surface area (Å²) in [7, 11) is 0. The second-order valence-corrected chi connectivity index (χ2v) is 4.51. The highest BCUT2D eigenvalue weighted by atomic mass is 79.9. The van der Waals surface area contributed by atoms with E-state index in [-0.39, 0.29) is 0 Å². The smallest absolute Gasteiger partial charge is 0.0582 e. The lowest BCUT2D eigenvalue weighted by molar-refractivity contribution is 0.638. The van der Waals surface area contributed by atoms with Crippen LogP contribution in [0.3, 0.4) is 0 Å². The molecule has 0 spiro atoms. The van der Waals surface area contributed by atoms with E-state index in [0.29, 0.717) is 0 Å². The number of benzene rings is 1. The molecule has 0 aliphatic carbocycles. The molecule has 16 heavy (non-hydrogen) atoms. The molecule has 0 aliphatic heterocycles. The summed E-state index contributed by atoms with van der Waals surface area (Å²) in [6, 6.07) is 8.21. The lowest BCUT2D eigenvalue weighted by atomic mass is 10.2. The first-order chi connectivity index (χ1) is 7.75. The van der Waals surface area contributed by atoms with E-state index in [0.717, 1.165) is 23.2 Å². The van der Waals surface area contributed by atoms with Gasteiger partial charge < -0.3 is 5.32 Å². The maximum Gasteiger partial charge on any atom is 0.0582 e. The van der Waals surface area contributed by atoms with Gasteiger partial charge >= 0.3 is 0 Å². The van der Waals surface area contributed by atoms with Gasteiger partial charge in [-0.2, -0.15) is 5.10 Å². The van der Waals surface area contributed by atoms with Gasteiger partial charge in [0.25, 0.3) is 0 Å². The molecule has 1 N–H and O–H groups in total. The summed E-state index contributed by atoms with van der Waals surface area (Å²) < 4.78 is 3.05. The van der Waals surface area contributed by atoms with Gasteiger partial charge in [0.2, 0.25) is 0 Å². The summed E-state index contributed by atoms with van der Waals surface area (Å²) in [4.78, 5) is 0. The maximum atomic E-state index is 4.15.